The molecule has 3 aromatic rings. The number of allylic oxidation sites excluding steroid dienone is 1. The third-order valence-electron chi connectivity index (χ3n) is 4.67. The Morgan fingerprint density at radius 2 is 1.89 bits per heavy atom. The predicted octanol–water partition coefficient (Wildman–Crippen LogP) is 5.54. The molecule has 0 saturated heterocycles. The van der Waals surface area contributed by atoms with E-state index in [1.54, 1.807) is 6.07 Å². The van der Waals surface area contributed by atoms with Crippen molar-refractivity contribution in [3.05, 3.63) is 76.1 Å². The van der Waals surface area contributed by atoms with Crippen LogP contribution in [-0.2, 0) is 0 Å². The maximum absolute atomic E-state index is 9.64. The van der Waals surface area contributed by atoms with Crippen LogP contribution in [0.25, 0.3) is 17.3 Å². The summed E-state index contributed by atoms with van der Waals surface area (Å²) >= 11 is 6.27. The van der Waals surface area contributed by atoms with Gasteiger partial charge in [-0.05, 0) is 49.8 Å². The number of ether oxygens (including phenoxy) is 2. The first-order chi connectivity index (χ1) is 13.1. The normalized spacial score (nSPS) is 12.9. The molecule has 0 bridgehead atoms. The van der Waals surface area contributed by atoms with Crippen LogP contribution in [0.15, 0.2) is 48.5 Å². The van der Waals surface area contributed by atoms with Crippen molar-refractivity contribution >= 4 is 23.3 Å². The minimum Gasteiger partial charge on any atom is -0.454 e. The Morgan fingerprint density at radius 3 is 2.67 bits per heavy atom. The summed E-state index contributed by atoms with van der Waals surface area (Å²) in [5, 5.41) is 10.2. The number of aryl methyl sites for hydroxylation is 1. The summed E-state index contributed by atoms with van der Waals surface area (Å²) < 4.78 is 13.0. The van der Waals surface area contributed by atoms with Crippen LogP contribution in [-0.4, -0.2) is 11.4 Å². The standard InChI is InChI=1S/C22H17ClN2O2/c1-14-9-16(10-17(12-24)19-5-3-4-6-20(19)23)15(2)25(14)18-7-8-21-22(11-18)27-13-26-21/h3-11H,13H2,1-2H3. The van der Waals surface area contributed by atoms with Gasteiger partial charge in [-0.15, -0.1) is 0 Å². The van der Waals surface area contributed by atoms with Crippen molar-refractivity contribution in [1.82, 2.24) is 4.57 Å². The second-order valence-electron chi connectivity index (χ2n) is 6.35. The quantitative estimate of drug-likeness (QED) is 0.564. The molecule has 134 valence electrons. The molecule has 0 unspecified atom stereocenters. The van der Waals surface area contributed by atoms with Crippen molar-refractivity contribution in [1.29, 1.82) is 5.26 Å². The van der Waals surface area contributed by atoms with Crippen molar-refractivity contribution < 1.29 is 9.47 Å². The zero-order valence-electron chi connectivity index (χ0n) is 15.0. The van der Waals surface area contributed by atoms with E-state index >= 15 is 0 Å². The lowest BCUT2D eigenvalue weighted by Gasteiger charge is -2.10. The third kappa shape index (κ3) is 3.07. The summed E-state index contributed by atoms with van der Waals surface area (Å²) in [5.41, 5.74) is 5.33. The fourth-order valence-corrected chi connectivity index (χ4v) is 3.60. The summed E-state index contributed by atoms with van der Waals surface area (Å²) in [5.74, 6) is 1.50. The van der Waals surface area contributed by atoms with E-state index in [0.717, 1.165) is 39.7 Å². The summed E-state index contributed by atoms with van der Waals surface area (Å²) in [6.07, 6.45) is 1.88. The molecule has 0 radical (unpaired) electrons. The fraction of sp³-hybridized carbons (Fsp3) is 0.136. The minimum atomic E-state index is 0.250. The number of nitriles is 1. The maximum Gasteiger partial charge on any atom is 0.231 e. The smallest absolute Gasteiger partial charge is 0.231 e. The van der Waals surface area contributed by atoms with Gasteiger partial charge in [0.15, 0.2) is 11.5 Å². The van der Waals surface area contributed by atoms with Gasteiger partial charge in [-0.2, -0.15) is 5.26 Å². The molecule has 0 fully saturated rings. The number of hydrogen-bond acceptors (Lipinski definition) is 3. The Bertz CT molecular complexity index is 1110. The zero-order valence-corrected chi connectivity index (χ0v) is 15.7. The fourth-order valence-electron chi connectivity index (χ4n) is 3.36. The molecule has 2 heterocycles. The lowest BCUT2D eigenvalue weighted by atomic mass is 10.0. The van der Waals surface area contributed by atoms with Gasteiger partial charge in [-0.1, -0.05) is 29.8 Å². The Kier molecular flexibility index (Phi) is 4.39. The highest BCUT2D eigenvalue weighted by Gasteiger charge is 2.17. The molecule has 0 amide bonds. The van der Waals surface area contributed by atoms with E-state index in [2.05, 4.69) is 16.7 Å². The number of hydrogen-bond donors (Lipinski definition) is 0. The predicted molar refractivity (Wildman–Crippen MR) is 106 cm³/mol. The highest BCUT2D eigenvalue weighted by Crippen LogP contribution is 2.35. The van der Waals surface area contributed by atoms with Gasteiger partial charge in [0.2, 0.25) is 6.79 Å². The number of fused-ring (bicyclic) bond motifs is 1. The van der Waals surface area contributed by atoms with E-state index < -0.39 is 0 Å². The van der Waals surface area contributed by atoms with Crippen LogP contribution < -0.4 is 9.47 Å². The van der Waals surface area contributed by atoms with E-state index in [0.29, 0.717) is 10.6 Å². The minimum absolute atomic E-state index is 0.250. The Hall–Kier alpha value is -3.16. The van der Waals surface area contributed by atoms with E-state index in [4.69, 9.17) is 21.1 Å². The molecule has 0 atom stereocenters. The van der Waals surface area contributed by atoms with Crippen molar-refractivity contribution in [2.24, 2.45) is 0 Å². The first kappa shape index (κ1) is 17.3. The van der Waals surface area contributed by atoms with Crippen LogP contribution in [0.3, 0.4) is 0 Å². The van der Waals surface area contributed by atoms with Crippen LogP contribution in [0, 0.1) is 25.2 Å². The summed E-state index contributed by atoms with van der Waals surface area (Å²) in [4.78, 5) is 0. The van der Waals surface area contributed by atoms with Crippen molar-refractivity contribution in [3.8, 4) is 23.3 Å². The van der Waals surface area contributed by atoms with Crippen LogP contribution in [0.1, 0.15) is 22.5 Å². The van der Waals surface area contributed by atoms with Crippen LogP contribution in [0.5, 0.6) is 11.5 Å². The second-order valence-corrected chi connectivity index (χ2v) is 6.76. The van der Waals surface area contributed by atoms with E-state index in [-0.39, 0.29) is 6.79 Å². The molecule has 1 aliphatic heterocycles. The average Bonchev–Trinajstić information content (AvgIpc) is 3.24. The molecule has 0 aliphatic carbocycles. The topological polar surface area (TPSA) is 47.2 Å². The van der Waals surface area contributed by atoms with Gasteiger partial charge in [0.05, 0.1) is 11.6 Å². The lowest BCUT2D eigenvalue weighted by molar-refractivity contribution is 0.174. The summed E-state index contributed by atoms with van der Waals surface area (Å²) in [6, 6.07) is 17.6. The molecule has 0 spiro atoms. The average molecular weight is 377 g/mol. The van der Waals surface area contributed by atoms with Crippen LogP contribution >= 0.6 is 11.6 Å². The summed E-state index contributed by atoms with van der Waals surface area (Å²) in [6.45, 7) is 4.32. The highest BCUT2D eigenvalue weighted by molar-refractivity contribution is 6.32. The molecule has 0 saturated carbocycles. The first-order valence-electron chi connectivity index (χ1n) is 8.54. The second kappa shape index (κ2) is 6.86. The largest absolute Gasteiger partial charge is 0.454 e. The first-order valence-corrected chi connectivity index (χ1v) is 8.92. The van der Waals surface area contributed by atoms with Gasteiger partial charge in [0, 0.05) is 33.7 Å². The van der Waals surface area contributed by atoms with Gasteiger partial charge >= 0.3 is 0 Å². The summed E-state index contributed by atoms with van der Waals surface area (Å²) in [7, 11) is 0. The Morgan fingerprint density at radius 1 is 1.11 bits per heavy atom. The SMILES string of the molecule is Cc1cc(C=C(C#N)c2ccccc2Cl)c(C)n1-c1ccc2c(c1)OCO2. The van der Waals surface area contributed by atoms with Gasteiger partial charge < -0.3 is 14.0 Å². The van der Waals surface area contributed by atoms with Crippen LogP contribution in [0.2, 0.25) is 5.02 Å². The van der Waals surface area contributed by atoms with Gasteiger partial charge in [-0.3, -0.25) is 0 Å². The molecule has 1 aliphatic rings. The third-order valence-corrected chi connectivity index (χ3v) is 5.00. The number of aromatic nitrogens is 1. The molecule has 27 heavy (non-hydrogen) atoms. The van der Waals surface area contributed by atoms with E-state index in [1.165, 1.54) is 0 Å². The number of halogens is 1. The lowest BCUT2D eigenvalue weighted by Crippen LogP contribution is -1.99. The van der Waals surface area contributed by atoms with Crippen molar-refractivity contribution in [2.75, 3.05) is 6.79 Å². The Balaban J connectivity index is 1.79. The number of benzene rings is 2. The van der Waals surface area contributed by atoms with E-state index in [9.17, 15) is 5.26 Å². The molecule has 5 heteroatoms. The molecule has 1 aromatic heterocycles. The monoisotopic (exact) mass is 376 g/mol. The number of rotatable bonds is 3. The molecular weight excluding hydrogens is 360 g/mol. The van der Waals surface area contributed by atoms with Gasteiger partial charge in [-0.25, -0.2) is 0 Å². The van der Waals surface area contributed by atoms with Gasteiger partial charge in [0.25, 0.3) is 0 Å². The zero-order chi connectivity index (χ0) is 19.0. The molecule has 2 aromatic carbocycles. The Labute approximate surface area is 162 Å². The maximum atomic E-state index is 9.64. The van der Waals surface area contributed by atoms with Crippen molar-refractivity contribution in [3.63, 3.8) is 0 Å². The highest BCUT2D eigenvalue weighted by atomic mass is 35.5. The molecule has 0 N–H and O–H groups in total. The van der Waals surface area contributed by atoms with E-state index in [1.807, 2.05) is 56.3 Å². The van der Waals surface area contributed by atoms with Gasteiger partial charge in [0.1, 0.15) is 0 Å². The van der Waals surface area contributed by atoms with Crippen LogP contribution in [0.4, 0.5) is 0 Å². The molecular formula is C22H17ClN2O2. The molecule has 4 nitrogen and oxygen atoms in total. The number of nitrogens with zero attached hydrogens (tertiary/aromatic N) is 2. The molecule has 4 rings (SSSR count). The van der Waals surface area contributed by atoms with Crippen molar-refractivity contribution in [2.45, 2.75) is 13.8 Å².